The molecule has 1 amide bonds. The maximum absolute atomic E-state index is 11.4. The summed E-state index contributed by atoms with van der Waals surface area (Å²) in [4.78, 5) is 11.4. The van der Waals surface area contributed by atoms with Crippen molar-refractivity contribution in [3.8, 4) is 0 Å². The van der Waals surface area contributed by atoms with Gasteiger partial charge in [0.05, 0.1) is 12.2 Å². The van der Waals surface area contributed by atoms with E-state index in [1.807, 2.05) is 38.7 Å². The van der Waals surface area contributed by atoms with Gasteiger partial charge in [0, 0.05) is 24.7 Å². The molecule has 0 aliphatic rings. The van der Waals surface area contributed by atoms with Crippen LogP contribution in [0.1, 0.15) is 44.0 Å². The molecule has 1 rings (SSSR count). The fraction of sp³-hybridized carbons (Fsp3) is 0.636. The van der Waals surface area contributed by atoms with Gasteiger partial charge in [0.15, 0.2) is 0 Å². The second kappa shape index (κ2) is 4.96. The second-order valence-electron chi connectivity index (χ2n) is 3.85. The van der Waals surface area contributed by atoms with E-state index >= 15 is 0 Å². The summed E-state index contributed by atoms with van der Waals surface area (Å²) in [5.74, 6) is 0.105. The molecule has 0 fully saturated rings. The van der Waals surface area contributed by atoms with Crippen molar-refractivity contribution in [2.24, 2.45) is 7.05 Å². The van der Waals surface area contributed by atoms with Gasteiger partial charge in [-0.25, -0.2) is 0 Å². The highest BCUT2D eigenvalue weighted by atomic mass is 16.1. The number of hydrogen-bond acceptors (Lipinski definition) is 2. The predicted octanol–water partition coefficient (Wildman–Crippen LogP) is 1.71. The normalized spacial score (nSPS) is 12.5. The van der Waals surface area contributed by atoms with Crippen LogP contribution in [0, 0.1) is 6.92 Å². The number of nitrogens with zero attached hydrogens (tertiary/aromatic N) is 2. The lowest BCUT2D eigenvalue weighted by Crippen LogP contribution is -2.26. The largest absolute Gasteiger partial charge is 0.349 e. The molecule has 1 heterocycles. The van der Waals surface area contributed by atoms with E-state index in [1.54, 1.807) is 0 Å². The Labute approximate surface area is 90.7 Å². The van der Waals surface area contributed by atoms with Crippen LogP contribution in [0.4, 0.5) is 0 Å². The Bertz CT molecular complexity index is 344. The number of rotatable bonds is 4. The van der Waals surface area contributed by atoms with Gasteiger partial charge < -0.3 is 5.32 Å². The Kier molecular flexibility index (Phi) is 3.88. The van der Waals surface area contributed by atoms with Crippen molar-refractivity contribution < 1.29 is 4.79 Å². The van der Waals surface area contributed by atoms with Crippen LogP contribution in [0.3, 0.4) is 0 Å². The smallest absolute Gasteiger partial charge is 0.220 e. The van der Waals surface area contributed by atoms with Gasteiger partial charge in [-0.05, 0) is 20.3 Å². The van der Waals surface area contributed by atoms with E-state index in [4.69, 9.17) is 0 Å². The molecule has 1 N–H and O–H groups in total. The van der Waals surface area contributed by atoms with Gasteiger partial charge in [0.1, 0.15) is 0 Å². The van der Waals surface area contributed by atoms with Gasteiger partial charge in [-0.2, -0.15) is 5.10 Å². The zero-order valence-corrected chi connectivity index (χ0v) is 9.87. The van der Waals surface area contributed by atoms with Crippen molar-refractivity contribution >= 4 is 5.91 Å². The predicted molar refractivity (Wildman–Crippen MR) is 59.4 cm³/mol. The molecule has 0 aromatic carbocycles. The summed E-state index contributed by atoms with van der Waals surface area (Å²) in [6, 6.07) is 0.0396. The number of aryl methyl sites for hydroxylation is 1. The van der Waals surface area contributed by atoms with E-state index in [-0.39, 0.29) is 11.9 Å². The van der Waals surface area contributed by atoms with Crippen molar-refractivity contribution in [1.29, 1.82) is 0 Å². The van der Waals surface area contributed by atoms with Crippen LogP contribution in [-0.4, -0.2) is 15.7 Å². The molecule has 15 heavy (non-hydrogen) atoms. The SMILES string of the molecule is CCCC(=O)N[C@@H](C)c1cnn(C)c1C. The zero-order valence-electron chi connectivity index (χ0n) is 9.87. The number of carbonyl (C=O) groups excluding carboxylic acids is 1. The van der Waals surface area contributed by atoms with Crippen molar-refractivity contribution in [2.45, 2.75) is 39.7 Å². The van der Waals surface area contributed by atoms with Gasteiger partial charge in [0.25, 0.3) is 0 Å². The molecular weight excluding hydrogens is 190 g/mol. The first-order valence-electron chi connectivity index (χ1n) is 5.34. The van der Waals surface area contributed by atoms with Crippen LogP contribution in [0.2, 0.25) is 0 Å². The Morgan fingerprint density at radius 3 is 2.80 bits per heavy atom. The molecule has 0 bridgehead atoms. The van der Waals surface area contributed by atoms with Crippen LogP contribution in [0.15, 0.2) is 6.20 Å². The monoisotopic (exact) mass is 209 g/mol. The molecule has 4 nitrogen and oxygen atoms in total. The Balaban J connectivity index is 2.65. The van der Waals surface area contributed by atoms with Gasteiger partial charge >= 0.3 is 0 Å². The molecule has 0 aliphatic carbocycles. The molecule has 0 saturated carbocycles. The first-order chi connectivity index (χ1) is 7.06. The maximum Gasteiger partial charge on any atom is 0.220 e. The Morgan fingerprint density at radius 2 is 2.33 bits per heavy atom. The van der Waals surface area contributed by atoms with Crippen molar-refractivity contribution in [3.63, 3.8) is 0 Å². The fourth-order valence-corrected chi connectivity index (χ4v) is 1.56. The van der Waals surface area contributed by atoms with Crippen LogP contribution in [-0.2, 0) is 11.8 Å². The van der Waals surface area contributed by atoms with E-state index in [2.05, 4.69) is 10.4 Å². The first-order valence-corrected chi connectivity index (χ1v) is 5.34. The number of aromatic nitrogens is 2. The van der Waals surface area contributed by atoms with Gasteiger partial charge in [-0.1, -0.05) is 6.92 Å². The van der Waals surface area contributed by atoms with Crippen LogP contribution in [0.25, 0.3) is 0 Å². The molecule has 1 atom stereocenters. The van der Waals surface area contributed by atoms with Crippen LogP contribution >= 0.6 is 0 Å². The molecule has 0 spiro atoms. The molecule has 0 saturated heterocycles. The zero-order chi connectivity index (χ0) is 11.4. The molecule has 84 valence electrons. The van der Waals surface area contributed by atoms with Crippen LogP contribution < -0.4 is 5.32 Å². The topological polar surface area (TPSA) is 46.9 Å². The minimum absolute atomic E-state index is 0.0396. The van der Waals surface area contributed by atoms with Crippen LogP contribution in [0.5, 0.6) is 0 Å². The van der Waals surface area contributed by atoms with Gasteiger partial charge in [-0.15, -0.1) is 0 Å². The average Bonchev–Trinajstić information content (AvgIpc) is 2.48. The lowest BCUT2D eigenvalue weighted by atomic mass is 10.1. The molecule has 1 aromatic rings. The number of amides is 1. The quantitative estimate of drug-likeness (QED) is 0.820. The molecule has 0 unspecified atom stereocenters. The number of hydrogen-bond donors (Lipinski definition) is 1. The van der Waals surface area contributed by atoms with E-state index in [0.29, 0.717) is 6.42 Å². The van der Waals surface area contributed by atoms with E-state index < -0.39 is 0 Å². The molecular formula is C11H19N3O. The molecule has 0 radical (unpaired) electrons. The Hall–Kier alpha value is -1.32. The standard InChI is InChI=1S/C11H19N3O/c1-5-6-11(15)13-8(2)10-7-12-14(4)9(10)3/h7-8H,5-6H2,1-4H3,(H,13,15)/t8-/m0/s1. The highest BCUT2D eigenvalue weighted by molar-refractivity contribution is 5.76. The minimum Gasteiger partial charge on any atom is -0.349 e. The summed E-state index contributed by atoms with van der Waals surface area (Å²) >= 11 is 0. The lowest BCUT2D eigenvalue weighted by Gasteiger charge is -2.13. The van der Waals surface area contributed by atoms with Crippen molar-refractivity contribution in [1.82, 2.24) is 15.1 Å². The highest BCUT2D eigenvalue weighted by Gasteiger charge is 2.13. The third-order valence-corrected chi connectivity index (χ3v) is 2.59. The third-order valence-electron chi connectivity index (χ3n) is 2.59. The average molecular weight is 209 g/mol. The van der Waals surface area contributed by atoms with E-state index in [1.165, 1.54) is 0 Å². The number of carbonyl (C=O) groups is 1. The highest BCUT2D eigenvalue weighted by Crippen LogP contribution is 2.15. The summed E-state index contributed by atoms with van der Waals surface area (Å²) in [6.45, 7) is 5.99. The molecule has 0 aliphatic heterocycles. The van der Waals surface area contributed by atoms with E-state index in [0.717, 1.165) is 17.7 Å². The van der Waals surface area contributed by atoms with E-state index in [9.17, 15) is 4.79 Å². The third kappa shape index (κ3) is 2.81. The van der Waals surface area contributed by atoms with Gasteiger partial charge in [-0.3, -0.25) is 9.48 Å². The number of nitrogens with one attached hydrogen (secondary N) is 1. The van der Waals surface area contributed by atoms with Crippen molar-refractivity contribution in [3.05, 3.63) is 17.5 Å². The second-order valence-corrected chi connectivity index (χ2v) is 3.85. The fourth-order valence-electron chi connectivity index (χ4n) is 1.56. The molecule has 1 aromatic heterocycles. The van der Waals surface area contributed by atoms with Gasteiger partial charge in [0.2, 0.25) is 5.91 Å². The summed E-state index contributed by atoms with van der Waals surface area (Å²) in [7, 11) is 1.90. The lowest BCUT2D eigenvalue weighted by molar-refractivity contribution is -0.121. The molecule has 4 heteroatoms. The summed E-state index contributed by atoms with van der Waals surface area (Å²) in [5.41, 5.74) is 2.18. The summed E-state index contributed by atoms with van der Waals surface area (Å²) in [6.07, 6.45) is 3.28. The maximum atomic E-state index is 11.4. The summed E-state index contributed by atoms with van der Waals surface area (Å²) < 4.78 is 1.82. The minimum atomic E-state index is 0.0396. The van der Waals surface area contributed by atoms with Crippen molar-refractivity contribution in [2.75, 3.05) is 0 Å². The summed E-state index contributed by atoms with van der Waals surface area (Å²) in [5, 5.41) is 7.11. The Morgan fingerprint density at radius 1 is 1.67 bits per heavy atom. The first kappa shape index (κ1) is 11.8.